The Balaban J connectivity index is 1.83. The smallest absolute Gasteiger partial charge is 0.264 e. The summed E-state index contributed by atoms with van der Waals surface area (Å²) < 4.78 is 38.7. The molecule has 34 heavy (non-hydrogen) atoms. The number of rotatable bonds is 7. The van der Waals surface area contributed by atoms with Crippen molar-refractivity contribution in [2.75, 3.05) is 24.7 Å². The van der Waals surface area contributed by atoms with E-state index >= 15 is 0 Å². The molecule has 0 atom stereocenters. The van der Waals surface area contributed by atoms with Gasteiger partial charge in [-0.1, -0.05) is 18.2 Å². The number of hydrogen-bond acceptors (Lipinski definition) is 8. The van der Waals surface area contributed by atoms with Gasteiger partial charge in [0.05, 0.1) is 24.8 Å². The first-order chi connectivity index (χ1) is 16.3. The van der Waals surface area contributed by atoms with Crippen molar-refractivity contribution in [1.82, 2.24) is 9.97 Å². The number of aromatic hydroxyl groups is 1. The molecule has 1 aromatic heterocycles. The van der Waals surface area contributed by atoms with Gasteiger partial charge in [-0.05, 0) is 54.1 Å². The number of benzene rings is 3. The fraction of sp³-hybridized carbons (Fsp3) is 0.0833. The lowest BCUT2D eigenvalue weighted by Crippen LogP contribution is -2.15. The second-order valence-corrected chi connectivity index (χ2v) is 8.90. The molecule has 0 aliphatic carbocycles. The van der Waals surface area contributed by atoms with Crippen LogP contribution in [0.2, 0.25) is 0 Å². The van der Waals surface area contributed by atoms with Crippen LogP contribution in [0.4, 0.5) is 11.6 Å². The maximum Gasteiger partial charge on any atom is 0.264 e. The lowest BCUT2D eigenvalue weighted by atomic mass is 10.00. The summed E-state index contributed by atoms with van der Waals surface area (Å²) in [5, 5.41) is 10.5. The number of anilines is 2. The van der Waals surface area contributed by atoms with Gasteiger partial charge in [0.2, 0.25) is 5.95 Å². The fourth-order valence-corrected chi connectivity index (χ4v) is 4.30. The second kappa shape index (κ2) is 9.28. The van der Waals surface area contributed by atoms with Crippen molar-refractivity contribution in [1.29, 1.82) is 0 Å². The van der Waals surface area contributed by atoms with Crippen molar-refractivity contribution >= 4 is 21.7 Å². The molecule has 0 saturated heterocycles. The quantitative estimate of drug-likeness (QED) is 0.340. The molecule has 0 saturated carbocycles. The minimum atomic E-state index is -3.97. The van der Waals surface area contributed by atoms with Crippen LogP contribution in [-0.2, 0) is 10.0 Å². The molecule has 4 rings (SSSR count). The maximum atomic E-state index is 12.8. The predicted molar refractivity (Wildman–Crippen MR) is 129 cm³/mol. The molecule has 3 aromatic carbocycles. The molecule has 4 N–H and O–H groups in total. The second-order valence-electron chi connectivity index (χ2n) is 7.22. The van der Waals surface area contributed by atoms with Crippen molar-refractivity contribution in [3.05, 3.63) is 72.9 Å². The van der Waals surface area contributed by atoms with Crippen molar-refractivity contribution < 1.29 is 23.0 Å². The first kappa shape index (κ1) is 22.9. The number of methoxy groups -OCH3 is 2. The zero-order valence-electron chi connectivity index (χ0n) is 18.4. The Morgan fingerprint density at radius 1 is 0.912 bits per heavy atom. The summed E-state index contributed by atoms with van der Waals surface area (Å²) in [6.07, 6.45) is 1.48. The summed E-state index contributed by atoms with van der Waals surface area (Å²) in [4.78, 5) is 8.68. The van der Waals surface area contributed by atoms with E-state index in [4.69, 9.17) is 15.2 Å². The van der Waals surface area contributed by atoms with Crippen molar-refractivity contribution in [2.24, 2.45) is 0 Å². The normalized spacial score (nSPS) is 11.1. The van der Waals surface area contributed by atoms with E-state index in [2.05, 4.69) is 14.7 Å². The molecule has 0 aliphatic heterocycles. The molecular formula is C24H22N4O5S. The van der Waals surface area contributed by atoms with Gasteiger partial charge >= 0.3 is 0 Å². The Morgan fingerprint density at radius 3 is 2.29 bits per heavy atom. The third-order valence-corrected chi connectivity index (χ3v) is 6.40. The molecule has 10 heteroatoms. The number of nitrogens with one attached hydrogen (secondary N) is 1. The molecular weight excluding hydrogens is 456 g/mol. The van der Waals surface area contributed by atoms with E-state index in [1.165, 1.54) is 50.7 Å². The van der Waals surface area contributed by atoms with Gasteiger partial charge in [-0.25, -0.2) is 23.1 Å². The topological polar surface area (TPSA) is 137 Å². The van der Waals surface area contributed by atoms with Crippen LogP contribution in [0.25, 0.3) is 22.4 Å². The van der Waals surface area contributed by atoms with Crippen molar-refractivity contribution in [3.63, 3.8) is 0 Å². The van der Waals surface area contributed by atoms with Crippen LogP contribution >= 0.6 is 0 Å². The van der Waals surface area contributed by atoms with Gasteiger partial charge in [-0.3, -0.25) is 0 Å². The Hall–Kier alpha value is -4.31. The predicted octanol–water partition coefficient (Wildman–Crippen LogP) is 3.92. The number of para-hydroxylation sites is 1. The standard InChI is InChI=1S/C24H22N4O5S/c1-32-21-12-7-15(13-22(21)33-2)19-14-26-24(27-23(19)18-5-3-4-6-20(18)29)28-34(30,31)17-10-8-16(25)9-11-17/h3-14,29H,25H2,1-2H3,(H,26,27,28). The molecule has 0 aliphatic rings. The van der Waals surface area contributed by atoms with Gasteiger partial charge in [0.1, 0.15) is 5.75 Å². The summed E-state index contributed by atoms with van der Waals surface area (Å²) in [6, 6.07) is 17.7. The van der Waals surface area contributed by atoms with Crippen LogP contribution in [-0.4, -0.2) is 37.7 Å². The zero-order chi connectivity index (χ0) is 24.3. The van der Waals surface area contributed by atoms with Gasteiger partial charge in [-0.15, -0.1) is 0 Å². The highest BCUT2D eigenvalue weighted by Gasteiger charge is 2.20. The third-order valence-electron chi connectivity index (χ3n) is 5.06. The summed E-state index contributed by atoms with van der Waals surface area (Å²) >= 11 is 0. The number of aromatic nitrogens is 2. The number of phenols is 1. The van der Waals surface area contributed by atoms with E-state index in [1.807, 2.05) is 0 Å². The molecule has 0 bridgehead atoms. The van der Waals surface area contributed by atoms with E-state index in [1.54, 1.807) is 36.4 Å². The van der Waals surface area contributed by atoms with Gasteiger partial charge in [-0.2, -0.15) is 0 Å². The molecule has 0 unspecified atom stereocenters. The lowest BCUT2D eigenvalue weighted by Gasteiger charge is -2.14. The highest BCUT2D eigenvalue weighted by Crippen LogP contribution is 2.38. The average molecular weight is 479 g/mol. The molecule has 1 heterocycles. The molecule has 174 valence electrons. The number of ether oxygens (including phenoxy) is 2. The zero-order valence-corrected chi connectivity index (χ0v) is 19.2. The summed E-state index contributed by atoms with van der Waals surface area (Å²) in [5.41, 5.74) is 8.06. The van der Waals surface area contributed by atoms with Gasteiger partial charge in [0.25, 0.3) is 10.0 Å². The molecule has 0 radical (unpaired) electrons. The Morgan fingerprint density at radius 2 is 1.62 bits per heavy atom. The molecule has 0 fully saturated rings. The first-order valence-corrected chi connectivity index (χ1v) is 11.6. The number of nitrogens with zero attached hydrogens (tertiary/aromatic N) is 2. The number of nitrogen functional groups attached to an aromatic ring is 1. The number of hydrogen-bond donors (Lipinski definition) is 3. The van der Waals surface area contributed by atoms with E-state index in [-0.39, 0.29) is 16.6 Å². The third kappa shape index (κ3) is 4.57. The summed E-state index contributed by atoms with van der Waals surface area (Å²) in [6.45, 7) is 0. The Labute approximate surface area is 196 Å². The number of sulfonamides is 1. The Bertz CT molecular complexity index is 1440. The maximum absolute atomic E-state index is 12.8. The van der Waals surface area contributed by atoms with Crippen LogP contribution in [0.5, 0.6) is 17.2 Å². The Kier molecular flexibility index (Phi) is 6.24. The van der Waals surface area contributed by atoms with E-state index in [0.29, 0.717) is 39.6 Å². The fourth-order valence-electron chi connectivity index (χ4n) is 3.35. The lowest BCUT2D eigenvalue weighted by molar-refractivity contribution is 0.355. The summed E-state index contributed by atoms with van der Waals surface area (Å²) in [7, 11) is -0.903. The van der Waals surface area contributed by atoms with Crippen molar-refractivity contribution in [3.8, 4) is 39.6 Å². The molecule has 4 aromatic rings. The minimum absolute atomic E-state index is 0.0124. The minimum Gasteiger partial charge on any atom is -0.507 e. The molecule has 0 amide bonds. The highest BCUT2D eigenvalue weighted by atomic mass is 32.2. The van der Waals surface area contributed by atoms with Gasteiger partial charge in [0, 0.05) is 23.0 Å². The number of nitrogens with two attached hydrogens (primary N) is 1. The SMILES string of the molecule is COc1ccc(-c2cnc(NS(=O)(=O)c3ccc(N)cc3)nc2-c2ccccc2O)cc1OC. The number of phenolic OH excluding ortho intramolecular Hbond substituents is 1. The largest absolute Gasteiger partial charge is 0.507 e. The first-order valence-electron chi connectivity index (χ1n) is 10.1. The monoisotopic (exact) mass is 478 g/mol. The van der Waals surface area contributed by atoms with E-state index < -0.39 is 10.0 Å². The van der Waals surface area contributed by atoms with E-state index in [0.717, 1.165) is 0 Å². The summed E-state index contributed by atoms with van der Waals surface area (Å²) in [5.74, 6) is 0.870. The average Bonchev–Trinajstić information content (AvgIpc) is 2.84. The van der Waals surface area contributed by atoms with Gasteiger partial charge in [0.15, 0.2) is 11.5 Å². The van der Waals surface area contributed by atoms with Crippen LogP contribution in [0.15, 0.2) is 77.8 Å². The molecule has 0 spiro atoms. The van der Waals surface area contributed by atoms with Crippen LogP contribution in [0.3, 0.4) is 0 Å². The highest BCUT2D eigenvalue weighted by molar-refractivity contribution is 7.92. The van der Waals surface area contributed by atoms with Crippen molar-refractivity contribution in [2.45, 2.75) is 4.90 Å². The van der Waals surface area contributed by atoms with E-state index in [9.17, 15) is 13.5 Å². The van der Waals surface area contributed by atoms with Gasteiger partial charge < -0.3 is 20.3 Å². The van der Waals surface area contributed by atoms with Crippen LogP contribution in [0, 0.1) is 0 Å². The van der Waals surface area contributed by atoms with Crippen LogP contribution in [0.1, 0.15) is 0 Å². The van der Waals surface area contributed by atoms with Crippen LogP contribution < -0.4 is 19.9 Å². The molecule has 9 nitrogen and oxygen atoms in total.